The number of pyridine rings is 1. The van der Waals surface area contributed by atoms with Crippen molar-refractivity contribution in [1.82, 2.24) is 20.3 Å². The number of aryl methyl sites for hydroxylation is 1. The van der Waals surface area contributed by atoms with E-state index >= 15 is 0 Å². The van der Waals surface area contributed by atoms with Gasteiger partial charge in [-0.1, -0.05) is 6.92 Å². The Labute approximate surface area is 136 Å². The molecule has 0 saturated carbocycles. The number of rotatable bonds is 4. The number of anilines is 1. The van der Waals surface area contributed by atoms with Crippen LogP contribution in [0.1, 0.15) is 35.7 Å². The van der Waals surface area contributed by atoms with E-state index < -0.39 is 0 Å². The van der Waals surface area contributed by atoms with Crippen LogP contribution < -0.4 is 10.2 Å². The van der Waals surface area contributed by atoms with Crippen molar-refractivity contribution in [3.05, 3.63) is 48.0 Å². The summed E-state index contributed by atoms with van der Waals surface area (Å²) in [6, 6.07) is 3.66. The van der Waals surface area contributed by atoms with Gasteiger partial charge in [0.2, 0.25) is 5.95 Å². The van der Waals surface area contributed by atoms with Crippen molar-refractivity contribution in [2.45, 2.75) is 32.2 Å². The lowest BCUT2D eigenvalue weighted by atomic mass is 10.0. The average molecular weight is 311 g/mol. The van der Waals surface area contributed by atoms with E-state index in [1.165, 1.54) is 0 Å². The quantitative estimate of drug-likeness (QED) is 0.933. The zero-order valence-electron chi connectivity index (χ0n) is 13.3. The predicted octanol–water partition coefficient (Wildman–Crippen LogP) is 1.83. The van der Waals surface area contributed by atoms with Crippen LogP contribution in [0.25, 0.3) is 0 Å². The second kappa shape index (κ2) is 7.17. The minimum atomic E-state index is -0.0330. The van der Waals surface area contributed by atoms with Gasteiger partial charge in [0.15, 0.2) is 0 Å². The summed E-state index contributed by atoms with van der Waals surface area (Å²) < 4.78 is 0. The minimum absolute atomic E-state index is 0.0330. The van der Waals surface area contributed by atoms with Crippen LogP contribution in [0.5, 0.6) is 0 Å². The van der Waals surface area contributed by atoms with Gasteiger partial charge in [-0.3, -0.25) is 9.78 Å². The number of hydrogen-bond donors (Lipinski definition) is 1. The van der Waals surface area contributed by atoms with E-state index in [-0.39, 0.29) is 11.9 Å². The Kier molecular flexibility index (Phi) is 4.80. The summed E-state index contributed by atoms with van der Waals surface area (Å²) >= 11 is 0. The second-order valence-corrected chi connectivity index (χ2v) is 5.72. The van der Waals surface area contributed by atoms with E-state index in [0.29, 0.717) is 5.56 Å². The van der Waals surface area contributed by atoms with Crippen LogP contribution in [0.4, 0.5) is 5.95 Å². The molecule has 0 radical (unpaired) electrons. The highest BCUT2D eigenvalue weighted by atomic mass is 16.1. The maximum absolute atomic E-state index is 12.2. The van der Waals surface area contributed by atoms with E-state index in [1.807, 2.05) is 12.4 Å². The van der Waals surface area contributed by atoms with Gasteiger partial charge in [-0.25, -0.2) is 9.97 Å². The van der Waals surface area contributed by atoms with Crippen molar-refractivity contribution >= 4 is 11.9 Å². The first-order valence-electron chi connectivity index (χ1n) is 8.03. The molecule has 3 heterocycles. The molecule has 1 amide bonds. The Balaban J connectivity index is 1.53. The maximum atomic E-state index is 12.2. The van der Waals surface area contributed by atoms with Gasteiger partial charge < -0.3 is 10.2 Å². The monoisotopic (exact) mass is 311 g/mol. The summed E-state index contributed by atoms with van der Waals surface area (Å²) in [5.74, 6) is 0.746. The maximum Gasteiger partial charge on any atom is 0.251 e. The van der Waals surface area contributed by atoms with Crippen molar-refractivity contribution in [2.75, 3.05) is 18.0 Å². The van der Waals surface area contributed by atoms with E-state index in [2.05, 4.69) is 32.1 Å². The Bertz CT molecular complexity index is 636. The zero-order chi connectivity index (χ0) is 16.1. The SMILES string of the molecule is CCc1cnc(N2CCC(NC(=O)c3ccncc3)CC2)nc1. The van der Waals surface area contributed by atoms with Gasteiger partial charge in [-0.2, -0.15) is 0 Å². The van der Waals surface area contributed by atoms with Crippen molar-refractivity contribution < 1.29 is 4.79 Å². The summed E-state index contributed by atoms with van der Waals surface area (Å²) in [5.41, 5.74) is 1.80. The number of aromatic nitrogens is 3. The molecule has 23 heavy (non-hydrogen) atoms. The average Bonchev–Trinajstić information content (AvgIpc) is 2.63. The molecule has 2 aromatic rings. The second-order valence-electron chi connectivity index (χ2n) is 5.72. The standard InChI is InChI=1S/C17H21N5O/c1-2-13-11-19-17(20-12-13)22-9-5-15(6-10-22)21-16(23)14-3-7-18-8-4-14/h3-4,7-8,11-12,15H,2,5-6,9-10H2,1H3,(H,21,23). The molecule has 0 bridgehead atoms. The largest absolute Gasteiger partial charge is 0.349 e. The first kappa shape index (κ1) is 15.4. The van der Waals surface area contributed by atoms with Crippen LogP contribution in [0, 0.1) is 0 Å². The number of hydrogen-bond acceptors (Lipinski definition) is 5. The molecule has 0 atom stereocenters. The third-order valence-corrected chi connectivity index (χ3v) is 4.16. The fraction of sp³-hybridized carbons (Fsp3) is 0.412. The molecule has 0 aliphatic carbocycles. The van der Waals surface area contributed by atoms with Crippen LogP contribution in [0.15, 0.2) is 36.9 Å². The van der Waals surface area contributed by atoms with Gasteiger partial charge in [-0.05, 0) is 37.0 Å². The fourth-order valence-electron chi connectivity index (χ4n) is 2.69. The van der Waals surface area contributed by atoms with E-state index in [9.17, 15) is 4.79 Å². The summed E-state index contributed by atoms with van der Waals surface area (Å²) in [4.78, 5) is 27.1. The number of nitrogens with one attached hydrogen (secondary N) is 1. The topological polar surface area (TPSA) is 71.0 Å². The molecule has 0 unspecified atom stereocenters. The predicted molar refractivity (Wildman–Crippen MR) is 88.3 cm³/mol. The molecule has 6 heteroatoms. The summed E-state index contributed by atoms with van der Waals surface area (Å²) in [7, 11) is 0. The highest BCUT2D eigenvalue weighted by molar-refractivity contribution is 5.94. The van der Waals surface area contributed by atoms with Gasteiger partial charge >= 0.3 is 0 Å². The Hall–Kier alpha value is -2.50. The van der Waals surface area contributed by atoms with Gasteiger partial charge in [0, 0.05) is 49.5 Å². The molecule has 120 valence electrons. The molecule has 2 aromatic heterocycles. The smallest absolute Gasteiger partial charge is 0.251 e. The lowest BCUT2D eigenvalue weighted by Gasteiger charge is -2.32. The molecule has 1 fully saturated rings. The molecule has 6 nitrogen and oxygen atoms in total. The van der Waals surface area contributed by atoms with Crippen molar-refractivity contribution in [2.24, 2.45) is 0 Å². The molecule has 3 rings (SSSR count). The third-order valence-electron chi connectivity index (χ3n) is 4.16. The van der Waals surface area contributed by atoms with Crippen LogP contribution >= 0.6 is 0 Å². The molecule has 0 aromatic carbocycles. The summed E-state index contributed by atoms with van der Waals surface area (Å²) in [6.07, 6.45) is 9.79. The normalized spacial score (nSPS) is 15.4. The van der Waals surface area contributed by atoms with Crippen LogP contribution in [0.3, 0.4) is 0 Å². The van der Waals surface area contributed by atoms with E-state index in [1.54, 1.807) is 24.5 Å². The van der Waals surface area contributed by atoms with Gasteiger partial charge in [-0.15, -0.1) is 0 Å². The number of piperidine rings is 1. The molecule has 1 aliphatic rings. The molecule has 0 spiro atoms. The van der Waals surface area contributed by atoms with E-state index in [4.69, 9.17) is 0 Å². The number of carbonyl (C=O) groups excluding carboxylic acids is 1. The van der Waals surface area contributed by atoms with Crippen LogP contribution in [0.2, 0.25) is 0 Å². The molecule has 1 N–H and O–H groups in total. The van der Waals surface area contributed by atoms with Gasteiger partial charge in [0.25, 0.3) is 5.91 Å². The first-order chi connectivity index (χ1) is 11.3. The Morgan fingerprint density at radius 1 is 1.22 bits per heavy atom. The van der Waals surface area contributed by atoms with Crippen molar-refractivity contribution in [3.8, 4) is 0 Å². The summed E-state index contributed by atoms with van der Waals surface area (Å²) in [5, 5.41) is 3.09. The molecule has 1 saturated heterocycles. The summed E-state index contributed by atoms with van der Waals surface area (Å²) in [6.45, 7) is 3.80. The fourth-order valence-corrected chi connectivity index (χ4v) is 2.69. The Morgan fingerprint density at radius 2 is 1.87 bits per heavy atom. The zero-order valence-corrected chi connectivity index (χ0v) is 13.3. The number of amides is 1. The van der Waals surface area contributed by atoms with E-state index in [0.717, 1.165) is 43.9 Å². The minimum Gasteiger partial charge on any atom is -0.349 e. The first-order valence-corrected chi connectivity index (χ1v) is 8.03. The lowest BCUT2D eigenvalue weighted by molar-refractivity contribution is 0.0931. The number of nitrogens with zero attached hydrogens (tertiary/aromatic N) is 4. The highest BCUT2D eigenvalue weighted by Gasteiger charge is 2.22. The lowest BCUT2D eigenvalue weighted by Crippen LogP contribution is -2.45. The van der Waals surface area contributed by atoms with Crippen molar-refractivity contribution in [3.63, 3.8) is 0 Å². The van der Waals surface area contributed by atoms with Crippen LogP contribution in [-0.2, 0) is 6.42 Å². The van der Waals surface area contributed by atoms with Gasteiger partial charge in [0.05, 0.1) is 0 Å². The third kappa shape index (κ3) is 3.83. The Morgan fingerprint density at radius 3 is 2.48 bits per heavy atom. The molecular weight excluding hydrogens is 290 g/mol. The van der Waals surface area contributed by atoms with Crippen molar-refractivity contribution in [1.29, 1.82) is 0 Å². The number of carbonyl (C=O) groups is 1. The molecular formula is C17H21N5O. The van der Waals surface area contributed by atoms with Gasteiger partial charge in [0.1, 0.15) is 0 Å². The molecule has 1 aliphatic heterocycles. The van der Waals surface area contributed by atoms with Crippen LogP contribution in [-0.4, -0.2) is 40.0 Å². The highest BCUT2D eigenvalue weighted by Crippen LogP contribution is 2.16.